The minimum Gasteiger partial charge on any atom is -0.323 e. The smallest absolute Gasteiger partial charge is 0.270 e. The molecule has 2 aromatic carbocycles. The quantitative estimate of drug-likeness (QED) is 0.728. The number of nitrogens with zero attached hydrogens (tertiary/aromatic N) is 2. The average Bonchev–Trinajstić information content (AvgIpc) is 2.59. The number of carbonyl (C=O) groups is 1. The molecule has 3 rings (SSSR count). The Bertz CT molecular complexity index is 1090. The van der Waals surface area contributed by atoms with E-state index in [4.69, 9.17) is 11.6 Å². The lowest BCUT2D eigenvalue weighted by Gasteiger charge is -2.15. The van der Waals surface area contributed by atoms with Crippen LogP contribution in [-0.2, 0) is 17.3 Å². The van der Waals surface area contributed by atoms with Crippen molar-refractivity contribution >= 4 is 34.1 Å². The van der Waals surface area contributed by atoms with E-state index in [0.717, 1.165) is 13.0 Å². The van der Waals surface area contributed by atoms with E-state index in [2.05, 4.69) is 10.3 Å². The summed E-state index contributed by atoms with van der Waals surface area (Å²) >= 11 is 5.99. The molecule has 0 saturated carbocycles. The highest BCUT2D eigenvalue weighted by molar-refractivity contribution is 6.33. The highest BCUT2D eigenvalue weighted by Gasteiger charge is 2.25. The maximum Gasteiger partial charge on any atom is 0.270 e. The molecule has 5 nitrogen and oxygen atoms in total. The Morgan fingerprint density at radius 2 is 1.96 bits per heavy atom. The van der Waals surface area contributed by atoms with E-state index in [0.29, 0.717) is 16.7 Å². The first kappa shape index (κ1) is 19.0. The normalized spacial score (nSPS) is 11.6. The fourth-order valence-corrected chi connectivity index (χ4v) is 2.86. The van der Waals surface area contributed by atoms with Crippen molar-refractivity contribution in [2.45, 2.75) is 26.3 Å². The molecule has 8 heteroatoms. The van der Waals surface area contributed by atoms with Crippen LogP contribution >= 0.6 is 11.6 Å². The molecule has 0 saturated heterocycles. The number of hydrogen-bond acceptors (Lipinski definition) is 3. The van der Waals surface area contributed by atoms with Crippen LogP contribution in [0.5, 0.6) is 0 Å². The number of halogens is 3. The molecular weight excluding hydrogens is 376 g/mol. The van der Waals surface area contributed by atoms with Gasteiger partial charge in [0.15, 0.2) is 0 Å². The Labute approximate surface area is 158 Å². The summed E-state index contributed by atoms with van der Waals surface area (Å²) in [7, 11) is 0. The number of fused-ring (bicyclic) bond motifs is 1. The van der Waals surface area contributed by atoms with Crippen LogP contribution in [0.15, 0.2) is 47.3 Å². The van der Waals surface area contributed by atoms with Gasteiger partial charge in [-0.1, -0.05) is 29.8 Å². The van der Waals surface area contributed by atoms with Gasteiger partial charge in [-0.15, -0.1) is 0 Å². The van der Waals surface area contributed by atoms with Crippen LogP contribution in [0.2, 0.25) is 5.02 Å². The first-order valence-electron chi connectivity index (χ1n) is 8.10. The van der Waals surface area contributed by atoms with Gasteiger partial charge in [-0.25, -0.2) is 13.8 Å². The molecule has 0 unspecified atom stereocenters. The third-order valence-electron chi connectivity index (χ3n) is 4.10. The largest absolute Gasteiger partial charge is 0.323 e. The second-order valence-corrected chi connectivity index (χ2v) is 6.61. The number of alkyl halides is 2. The lowest BCUT2D eigenvalue weighted by atomic mass is 10.1. The zero-order chi connectivity index (χ0) is 19.8. The van der Waals surface area contributed by atoms with E-state index in [1.807, 2.05) is 0 Å². The Morgan fingerprint density at radius 1 is 1.26 bits per heavy atom. The van der Waals surface area contributed by atoms with E-state index < -0.39 is 11.8 Å². The van der Waals surface area contributed by atoms with Crippen molar-refractivity contribution in [1.82, 2.24) is 9.55 Å². The number of amides is 1. The minimum absolute atomic E-state index is 0.0557. The number of rotatable bonds is 4. The zero-order valence-electron chi connectivity index (χ0n) is 14.6. The first-order valence-corrected chi connectivity index (χ1v) is 8.48. The molecular formula is C19H16ClF2N3O2. The summed E-state index contributed by atoms with van der Waals surface area (Å²) in [5, 5.41) is 2.99. The minimum atomic E-state index is -3.07. The Balaban J connectivity index is 1.89. The Hall–Kier alpha value is -2.80. The van der Waals surface area contributed by atoms with Gasteiger partial charge in [0.1, 0.15) is 12.4 Å². The van der Waals surface area contributed by atoms with Gasteiger partial charge < -0.3 is 5.32 Å². The number of carbonyl (C=O) groups excluding carboxylic acids is 1. The fourth-order valence-electron chi connectivity index (χ4n) is 2.69. The van der Waals surface area contributed by atoms with Crippen molar-refractivity contribution in [1.29, 1.82) is 0 Å². The van der Waals surface area contributed by atoms with E-state index in [-0.39, 0.29) is 28.4 Å². The number of hydrogen-bond donors (Lipinski definition) is 1. The van der Waals surface area contributed by atoms with E-state index in [9.17, 15) is 18.4 Å². The Kier molecular flexibility index (Phi) is 4.97. The van der Waals surface area contributed by atoms with Crippen LogP contribution in [0.25, 0.3) is 10.9 Å². The third kappa shape index (κ3) is 3.98. The van der Waals surface area contributed by atoms with Crippen molar-refractivity contribution < 1.29 is 13.6 Å². The van der Waals surface area contributed by atoms with Crippen molar-refractivity contribution in [3.05, 3.63) is 69.2 Å². The average molecular weight is 392 g/mol. The second kappa shape index (κ2) is 7.08. The number of nitrogens with one attached hydrogen (secondary N) is 1. The van der Waals surface area contributed by atoms with Crippen molar-refractivity contribution in [2.24, 2.45) is 0 Å². The molecule has 27 heavy (non-hydrogen) atoms. The lowest BCUT2D eigenvalue weighted by molar-refractivity contribution is -0.116. The van der Waals surface area contributed by atoms with Gasteiger partial charge in [-0.3, -0.25) is 14.2 Å². The summed E-state index contributed by atoms with van der Waals surface area (Å²) in [5.74, 6) is -3.27. The van der Waals surface area contributed by atoms with Crippen molar-refractivity contribution in [2.75, 3.05) is 5.32 Å². The molecule has 0 fully saturated rings. The van der Waals surface area contributed by atoms with E-state index >= 15 is 0 Å². The molecule has 0 atom stereocenters. The van der Waals surface area contributed by atoms with Crippen LogP contribution in [0.1, 0.15) is 18.3 Å². The molecule has 1 amide bonds. The number of aryl methyl sites for hydroxylation is 1. The van der Waals surface area contributed by atoms with Crippen molar-refractivity contribution in [3.63, 3.8) is 0 Å². The fraction of sp³-hybridized carbons (Fsp3) is 0.211. The second-order valence-electron chi connectivity index (χ2n) is 6.20. The first-order chi connectivity index (χ1) is 12.7. The SMILES string of the molecule is Cc1nc2ccccc2c(=O)n1CC(=O)Nc1cc(C(C)(F)F)ccc1Cl. The molecule has 0 bridgehead atoms. The monoisotopic (exact) mass is 391 g/mol. The molecule has 1 heterocycles. The van der Waals surface area contributed by atoms with Gasteiger partial charge in [-0.05, 0) is 31.2 Å². The number of para-hydroxylation sites is 1. The highest BCUT2D eigenvalue weighted by Crippen LogP contribution is 2.32. The maximum absolute atomic E-state index is 13.5. The summed E-state index contributed by atoms with van der Waals surface area (Å²) < 4.78 is 28.2. The van der Waals surface area contributed by atoms with Gasteiger partial charge in [0.2, 0.25) is 5.91 Å². The number of benzene rings is 2. The summed E-state index contributed by atoms with van der Waals surface area (Å²) in [4.78, 5) is 29.3. The highest BCUT2D eigenvalue weighted by atomic mass is 35.5. The molecule has 0 aliphatic carbocycles. The molecule has 1 N–H and O–H groups in total. The molecule has 0 spiro atoms. The lowest BCUT2D eigenvalue weighted by Crippen LogP contribution is -2.30. The molecule has 140 valence electrons. The van der Waals surface area contributed by atoms with Gasteiger partial charge in [0.05, 0.1) is 21.6 Å². The summed E-state index contributed by atoms with van der Waals surface area (Å²) in [6.45, 7) is 2.06. The molecule has 1 aromatic heterocycles. The predicted octanol–water partition coefficient (Wildman–Crippen LogP) is 4.11. The van der Waals surface area contributed by atoms with Crippen LogP contribution in [0.3, 0.4) is 0 Å². The summed E-state index contributed by atoms with van der Waals surface area (Å²) in [5.41, 5.74) is -0.0335. The molecule has 0 aliphatic rings. The standard InChI is InChI=1S/C19H16ClF2N3O2/c1-11-23-15-6-4-3-5-13(15)18(27)25(11)10-17(26)24-16-9-12(19(2,21)22)7-8-14(16)20/h3-9H,10H2,1-2H3,(H,24,26). The van der Waals surface area contributed by atoms with Crippen LogP contribution in [0, 0.1) is 6.92 Å². The molecule has 3 aromatic rings. The van der Waals surface area contributed by atoms with Crippen molar-refractivity contribution in [3.8, 4) is 0 Å². The van der Waals surface area contributed by atoms with Crippen LogP contribution in [0.4, 0.5) is 14.5 Å². The number of aromatic nitrogens is 2. The van der Waals surface area contributed by atoms with Gasteiger partial charge >= 0.3 is 0 Å². The topological polar surface area (TPSA) is 64.0 Å². The zero-order valence-corrected chi connectivity index (χ0v) is 15.3. The van der Waals surface area contributed by atoms with E-state index in [1.54, 1.807) is 31.2 Å². The third-order valence-corrected chi connectivity index (χ3v) is 4.43. The van der Waals surface area contributed by atoms with Gasteiger partial charge in [0, 0.05) is 12.5 Å². The van der Waals surface area contributed by atoms with Gasteiger partial charge in [-0.2, -0.15) is 0 Å². The van der Waals surface area contributed by atoms with Crippen LogP contribution in [-0.4, -0.2) is 15.5 Å². The predicted molar refractivity (Wildman–Crippen MR) is 100 cm³/mol. The van der Waals surface area contributed by atoms with Gasteiger partial charge in [0.25, 0.3) is 11.5 Å². The van der Waals surface area contributed by atoms with Crippen LogP contribution < -0.4 is 10.9 Å². The summed E-state index contributed by atoms with van der Waals surface area (Å²) in [6.07, 6.45) is 0. The summed E-state index contributed by atoms with van der Waals surface area (Å²) in [6, 6.07) is 10.4. The Morgan fingerprint density at radius 3 is 2.67 bits per heavy atom. The molecule has 0 aliphatic heterocycles. The molecule has 0 radical (unpaired) electrons. The number of anilines is 1. The maximum atomic E-state index is 13.5. The van der Waals surface area contributed by atoms with E-state index in [1.165, 1.54) is 16.7 Å².